The molecule has 2 saturated heterocycles. The van der Waals surface area contributed by atoms with E-state index in [0.29, 0.717) is 25.2 Å². The fraction of sp³-hybridized carbons (Fsp3) is 0.917. The molecule has 0 spiro atoms. The van der Waals surface area contributed by atoms with Crippen LogP contribution < -0.4 is 5.32 Å². The van der Waals surface area contributed by atoms with Crippen molar-refractivity contribution < 1.29 is 9.77 Å². The molecule has 0 amide bonds. The topological polar surface area (TPSA) is 83.2 Å². The minimum absolute atomic E-state index is 0.00241. The first-order valence-corrected chi connectivity index (χ1v) is 6.91. The molecule has 2 fully saturated rings. The Hall–Kier alpha value is -1.41. The monoisotopic (exact) mass is 285 g/mol. The number of nitrogens with one attached hydrogen (secondary N) is 1. The molecule has 1 unspecified atom stereocenters. The summed E-state index contributed by atoms with van der Waals surface area (Å²) in [7, 11) is 0. The second-order valence-corrected chi connectivity index (χ2v) is 6.30. The highest BCUT2D eigenvalue weighted by molar-refractivity contribution is 5.79. The largest absolute Gasteiger partial charge is 0.381 e. The predicted octanol–water partition coefficient (Wildman–Crippen LogP) is 0.491. The summed E-state index contributed by atoms with van der Waals surface area (Å²) < 4.78 is 5.37. The van der Waals surface area contributed by atoms with Gasteiger partial charge in [-0.25, -0.2) is 10.1 Å². The van der Waals surface area contributed by atoms with E-state index in [1.807, 2.05) is 4.90 Å². The lowest BCUT2D eigenvalue weighted by atomic mass is 10.1. The van der Waals surface area contributed by atoms with E-state index in [9.17, 15) is 10.1 Å². The maximum absolute atomic E-state index is 10.6. The second-order valence-electron chi connectivity index (χ2n) is 6.30. The number of hydrogen-bond acceptors (Lipinski definition) is 4. The molecule has 0 saturated carbocycles. The van der Waals surface area contributed by atoms with Crippen molar-refractivity contribution in [2.75, 3.05) is 33.1 Å². The van der Waals surface area contributed by atoms with E-state index >= 15 is 0 Å². The van der Waals surface area contributed by atoms with Crippen molar-refractivity contribution in [2.45, 2.75) is 32.7 Å². The van der Waals surface area contributed by atoms with E-state index in [1.54, 1.807) is 0 Å². The number of nitrogens with zero attached hydrogens (tertiary/aromatic N) is 4. The molecule has 0 radical (unpaired) electrons. The molecule has 1 atom stereocenters. The highest BCUT2D eigenvalue weighted by Crippen LogP contribution is 2.19. The van der Waals surface area contributed by atoms with Crippen molar-refractivity contribution in [3.05, 3.63) is 10.1 Å². The van der Waals surface area contributed by atoms with Crippen LogP contribution in [0.1, 0.15) is 27.2 Å². The van der Waals surface area contributed by atoms with E-state index in [1.165, 1.54) is 0 Å². The van der Waals surface area contributed by atoms with Gasteiger partial charge in [-0.05, 0) is 27.2 Å². The Morgan fingerprint density at radius 3 is 2.85 bits per heavy atom. The van der Waals surface area contributed by atoms with Crippen molar-refractivity contribution in [1.82, 2.24) is 15.1 Å². The Morgan fingerprint density at radius 2 is 2.30 bits per heavy atom. The van der Waals surface area contributed by atoms with Gasteiger partial charge in [0.05, 0.1) is 19.9 Å². The van der Waals surface area contributed by atoms with Crippen LogP contribution in [0.5, 0.6) is 0 Å². The van der Waals surface area contributed by atoms with Gasteiger partial charge in [0.2, 0.25) is 0 Å². The average molecular weight is 285 g/mol. The smallest absolute Gasteiger partial charge is 0.273 e. The minimum Gasteiger partial charge on any atom is -0.381 e. The van der Waals surface area contributed by atoms with Crippen LogP contribution in [0.3, 0.4) is 0 Å². The first kappa shape index (κ1) is 15.0. The Kier molecular flexibility index (Phi) is 4.44. The molecule has 1 N–H and O–H groups in total. The molecule has 0 bridgehead atoms. The predicted molar refractivity (Wildman–Crippen MR) is 74.5 cm³/mol. The lowest BCUT2D eigenvalue weighted by molar-refractivity contribution is -0.486. The van der Waals surface area contributed by atoms with Crippen molar-refractivity contribution in [3.63, 3.8) is 0 Å². The normalized spacial score (nSPS) is 26.9. The van der Waals surface area contributed by atoms with Gasteiger partial charge < -0.3 is 15.0 Å². The lowest BCUT2D eigenvalue weighted by Gasteiger charge is -2.44. The molecular weight excluding hydrogens is 262 g/mol. The van der Waals surface area contributed by atoms with Gasteiger partial charge >= 0.3 is 0 Å². The van der Waals surface area contributed by atoms with Crippen molar-refractivity contribution >= 4 is 5.96 Å². The molecule has 20 heavy (non-hydrogen) atoms. The third-order valence-electron chi connectivity index (χ3n) is 3.70. The number of hydrazone groups is 1. The van der Waals surface area contributed by atoms with Crippen molar-refractivity contribution in [2.24, 2.45) is 11.0 Å². The highest BCUT2D eigenvalue weighted by Gasteiger charge is 2.32. The summed E-state index contributed by atoms with van der Waals surface area (Å²) in [4.78, 5) is 14.8. The van der Waals surface area contributed by atoms with E-state index in [-0.39, 0.29) is 5.54 Å². The van der Waals surface area contributed by atoms with Gasteiger partial charge in [0, 0.05) is 24.6 Å². The zero-order chi connectivity index (χ0) is 14.8. The van der Waals surface area contributed by atoms with Gasteiger partial charge in [0.25, 0.3) is 5.96 Å². The second kappa shape index (κ2) is 5.92. The quantitative estimate of drug-likeness (QED) is 0.600. The molecule has 2 heterocycles. The summed E-state index contributed by atoms with van der Waals surface area (Å²) in [5.41, 5.74) is -0.00241. The number of hydrogen-bond donors (Lipinski definition) is 1. The molecule has 2 rings (SSSR count). The average Bonchev–Trinajstić information content (AvgIpc) is 2.82. The van der Waals surface area contributed by atoms with E-state index in [0.717, 1.165) is 26.2 Å². The molecular formula is C12H23N5O3. The summed E-state index contributed by atoms with van der Waals surface area (Å²) in [5.74, 6) is 0.760. The first-order chi connectivity index (χ1) is 9.36. The minimum atomic E-state index is -0.646. The lowest BCUT2D eigenvalue weighted by Crippen LogP contribution is -2.62. The van der Waals surface area contributed by atoms with E-state index < -0.39 is 5.03 Å². The van der Waals surface area contributed by atoms with Gasteiger partial charge in [0.1, 0.15) is 5.10 Å². The first-order valence-electron chi connectivity index (χ1n) is 6.91. The molecule has 114 valence electrons. The van der Waals surface area contributed by atoms with Crippen molar-refractivity contribution in [3.8, 4) is 0 Å². The summed E-state index contributed by atoms with van der Waals surface area (Å²) in [6.45, 7) is 9.80. The third kappa shape index (κ3) is 3.80. The van der Waals surface area contributed by atoms with Crippen LogP contribution in [0.4, 0.5) is 0 Å². The van der Waals surface area contributed by atoms with Crippen LogP contribution >= 0.6 is 0 Å². The third-order valence-corrected chi connectivity index (χ3v) is 3.70. The maximum Gasteiger partial charge on any atom is 0.273 e. The summed E-state index contributed by atoms with van der Waals surface area (Å²) in [5, 5.41) is 16.5. The molecule has 0 aromatic rings. The molecule has 2 aliphatic heterocycles. The molecule has 0 aromatic heterocycles. The number of rotatable bonds is 3. The Balaban J connectivity index is 2.07. The van der Waals surface area contributed by atoms with Crippen LogP contribution in [0.2, 0.25) is 0 Å². The van der Waals surface area contributed by atoms with Crippen LogP contribution in [-0.2, 0) is 4.74 Å². The number of nitro groups is 1. The van der Waals surface area contributed by atoms with Gasteiger partial charge in [-0.2, -0.15) is 0 Å². The fourth-order valence-electron chi connectivity index (χ4n) is 2.41. The molecule has 0 aromatic carbocycles. The summed E-state index contributed by atoms with van der Waals surface area (Å²) in [6, 6.07) is 0. The van der Waals surface area contributed by atoms with E-state index in [2.05, 4.69) is 36.1 Å². The van der Waals surface area contributed by atoms with Crippen molar-refractivity contribution in [1.29, 1.82) is 0 Å². The summed E-state index contributed by atoms with van der Waals surface area (Å²) in [6.07, 6.45) is 0.998. The Bertz CT molecular complexity index is 387. The summed E-state index contributed by atoms with van der Waals surface area (Å²) >= 11 is 0. The SMILES string of the molecule is CC(C)(C)N1CNC(=N[N+](=O)[O-])N(CC2CCOC2)C1. The van der Waals surface area contributed by atoms with E-state index in [4.69, 9.17) is 4.74 Å². The van der Waals surface area contributed by atoms with Gasteiger partial charge in [0.15, 0.2) is 5.03 Å². The molecule has 2 aliphatic rings. The molecule has 8 nitrogen and oxygen atoms in total. The zero-order valence-corrected chi connectivity index (χ0v) is 12.3. The van der Waals surface area contributed by atoms with Crippen LogP contribution in [-0.4, -0.2) is 59.4 Å². The Morgan fingerprint density at radius 1 is 1.55 bits per heavy atom. The zero-order valence-electron chi connectivity index (χ0n) is 12.3. The maximum atomic E-state index is 10.6. The standard InChI is InChI=1S/C12H23N5O3/c1-12(2,3)16-8-13-11(14-17(18)19)15(9-16)6-10-4-5-20-7-10/h10H,4-9H2,1-3H3,(H,13,14). The Labute approximate surface area is 118 Å². The molecule has 0 aliphatic carbocycles. The van der Waals surface area contributed by atoms with Gasteiger partial charge in [-0.15, -0.1) is 0 Å². The fourth-order valence-corrected chi connectivity index (χ4v) is 2.41. The van der Waals surface area contributed by atoms with Gasteiger partial charge in [-0.1, -0.05) is 0 Å². The van der Waals surface area contributed by atoms with Crippen LogP contribution in [0.15, 0.2) is 5.10 Å². The van der Waals surface area contributed by atoms with Gasteiger partial charge in [-0.3, -0.25) is 4.90 Å². The van der Waals surface area contributed by atoms with Crippen LogP contribution in [0, 0.1) is 16.0 Å². The van der Waals surface area contributed by atoms with Crippen LogP contribution in [0.25, 0.3) is 0 Å². The molecule has 8 heteroatoms. The number of guanidine groups is 1. The number of ether oxygens (including phenoxy) is 1. The highest BCUT2D eigenvalue weighted by atomic mass is 16.7.